The molecule has 3 nitrogen and oxygen atoms in total. The van der Waals surface area contributed by atoms with Gasteiger partial charge in [0.15, 0.2) is 0 Å². The van der Waals surface area contributed by atoms with E-state index in [4.69, 9.17) is 10.5 Å². The number of carbonyl (C=O) groups is 1. The molecule has 0 heterocycles. The largest absolute Gasteiger partial charge is 0.461 e. The molecule has 0 amide bonds. The maximum absolute atomic E-state index is 13.4. The standard InChI is InChI=1S/C18H26FNO2/c1-11-10-15(19)8-9-16(11)17(14-6-4-5-7-14)13(3)22-18(21)12(2)20/h8-10,12-14,17H,4-7,20H2,1-3H3/t12-,13+,17-/m0/s1. The van der Waals surface area contributed by atoms with Crippen LogP contribution in [0.5, 0.6) is 0 Å². The monoisotopic (exact) mass is 307 g/mol. The molecule has 1 saturated carbocycles. The van der Waals surface area contributed by atoms with Crippen LogP contribution in [0.3, 0.4) is 0 Å². The summed E-state index contributed by atoms with van der Waals surface area (Å²) in [6, 6.07) is 4.26. The minimum atomic E-state index is -0.624. The first-order valence-corrected chi connectivity index (χ1v) is 8.12. The lowest BCUT2D eigenvalue weighted by Gasteiger charge is -2.31. The normalized spacial score (nSPS) is 19.7. The Hall–Kier alpha value is -1.42. The molecule has 0 radical (unpaired) electrons. The van der Waals surface area contributed by atoms with Gasteiger partial charge < -0.3 is 10.5 Å². The van der Waals surface area contributed by atoms with E-state index >= 15 is 0 Å². The van der Waals surface area contributed by atoms with Crippen molar-refractivity contribution in [3.63, 3.8) is 0 Å². The molecule has 1 fully saturated rings. The second-order valence-corrected chi connectivity index (χ2v) is 6.50. The highest BCUT2D eigenvalue weighted by atomic mass is 19.1. The summed E-state index contributed by atoms with van der Waals surface area (Å²) in [4.78, 5) is 11.8. The van der Waals surface area contributed by atoms with Gasteiger partial charge in [-0.3, -0.25) is 4.79 Å². The number of hydrogen-bond donors (Lipinski definition) is 1. The summed E-state index contributed by atoms with van der Waals surface area (Å²) < 4.78 is 19.0. The number of ether oxygens (including phenoxy) is 1. The molecule has 0 bridgehead atoms. The smallest absolute Gasteiger partial charge is 0.322 e. The van der Waals surface area contributed by atoms with Gasteiger partial charge in [0, 0.05) is 5.92 Å². The van der Waals surface area contributed by atoms with E-state index in [1.54, 1.807) is 13.0 Å². The van der Waals surface area contributed by atoms with E-state index in [2.05, 4.69) is 0 Å². The molecular formula is C18H26FNO2. The fraction of sp³-hybridized carbons (Fsp3) is 0.611. The highest BCUT2D eigenvalue weighted by molar-refractivity contribution is 5.75. The predicted octanol–water partition coefficient (Wildman–Crippen LogP) is 3.69. The molecular weight excluding hydrogens is 281 g/mol. The molecule has 0 aromatic heterocycles. The third-order valence-corrected chi connectivity index (χ3v) is 4.68. The van der Waals surface area contributed by atoms with Gasteiger partial charge in [0.05, 0.1) is 0 Å². The third-order valence-electron chi connectivity index (χ3n) is 4.68. The summed E-state index contributed by atoms with van der Waals surface area (Å²) in [5.41, 5.74) is 7.60. The molecule has 0 aliphatic heterocycles. The van der Waals surface area contributed by atoms with Crippen molar-refractivity contribution in [1.82, 2.24) is 0 Å². The van der Waals surface area contributed by atoms with Gasteiger partial charge in [-0.25, -0.2) is 4.39 Å². The van der Waals surface area contributed by atoms with E-state index in [0.717, 1.165) is 24.0 Å². The van der Waals surface area contributed by atoms with Crippen molar-refractivity contribution in [1.29, 1.82) is 0 Å². The Labute approximate surface area is 132 Å². The number of carbonyl (C=O) groups excluding carboxylic acids is 1. The first-order valence-electron chi connectivity index (χ1n) is 8.12. The first-order chi connectivity index (χ1) is 10.4. The lowest BCUT2D eigenvalue weighted by Crippen LogP contribution is -2.35. The van der Waals surface area contributed by atoms with Crippen LogP contribution in [-0.4, -0.2) is 18.1 Å². The Morgan fingerprint density at radius 2 is 1.95 bits per heavy atom. The van der Waals surface area contributed by atoms with E-state index in [-0.39, 0.29) is 23.8 Å². The van der Waals surface area contributed by atoms with Crippen LogP contribution < -0.4 is 5.73 Å². The molecule has 1 aromatic carbocycles. The van der Waals surface area contributed by atoms with Gasteiger partial charge in [-0.1, -0.05) is 18.9 Å². The van der Waals surface area contributed by atoms with Crippen molar-refractivity contribution in [2.45, 2.75) is 64.5 Å². The molecule has 1 aromatic rings. The summed E-state index contributed by atoms with van der Waals surface area (Å²) >= 11 is 0. The molecule has 2 N–H and O–H groups in total. The van der Waals surface area contributed by atoms with Crippen LogP contribution in [0.4, 0.5) is 4.39 Å². The Morgan fingerprint density at radius 1 is 1.32 bits per heavy atom. The summed E-state index contributed by atoms with van der Waals surface area (Å²) in [5.74, 6) is -0.0345. The minimum absolute atomic E-state index is 0.103. The Morgan fingerprint density at radius 3 is 2.50 bits per heavy atom. The van der Waals surface area contributed by atoms with Gasteiger partial charge in [0.1, 0.15) is 18.0 Å². The molecule has 22 heavy (non-hydrogen) atoms. The summed E-state index contributed by atoms with van der Waals surface area (Å²) in [7, 11) is 0. The zero-order chi connectivity index (χ0) is 16.3. The zero-order valence-electron chi connectivity index (χ0n) is 13.6. The Balaban J connectivity index is 2.27. The molecule has 0 saturated heterocycles. The van der Waals surface area contributed by atoms with E-state index in [1.807, 2.05) is 19.9 Å². The van der Waals surface area contributed by atoms with Gasteiger partial charge in [-0.05, 0) is 62.8 Å². The average Bonchev–Trinajstić information content (AvgIpc) is 2.95. The van der Waals surface area contributed by atoms with Gasteiger partial charge in [-0.15, -0.1) is 0 Å². The Kier molecular flexibility index (Phi) is 5.57. The molecule has 4 heteroatoms. The first kappa shape index (κ1) is 16.9. The maximum atomic E-state index is 13.4. The molecule has 0 unspecified atom stereocenters. The van der Waals surface area contributed by atoms with Gasteiger partial charge in [0.2, 0.25) is 0 Å². The quantitative estimate of drug-likeness (QED) is 0.844. The fourth-order valence-corrected chi connectivity index (χ4v) is 3.58. The Bertz CT molecular complexity index is 524. The second-order valence-electron chi connectivity index (χ2n) is 6.50. The van der Waals surface area contributed by atoms with Crippen LogP contribution in [-0.2, 0) is 9.53 Å². The third kappa shape index (κ3) is 3.86. The fourth-order valence-electron chi connectivity index (χ4n) is 3.58. The summed E-state index contributed by atoms with van der Waals surface area (Å²) in [6.07, 6.45) is 4.40. The average molecular weight is 307 g/mol. The van der Waals surface area contributed by atoms with Gasteiger partial charge in [0.25, 0.3) is 0 Å². The molecule has 1 aliphatic carbocycles. The number of hydrogen-bond acceptors (Lipinski definition) is 3. The summed E-state index contributed by atoms with van der Waals surface area (Å²) in [6.45, 7) is 5.47. The number of aryl methyl sites for hydroxylation is 1. The van der Waals surface area contributed by atoms with Crippen LogP contribution in [0.2, 0.25) is 0 Å². The molecule has 1 aliphatic rings. The lowest BCUT2D eigenvalue weighted by atomic mass is 9.79. The summed E-state index contributed by atoms with van der Waals surface area (Å²) in [5, 5.41) is 0. The molecule has 0 spiro atoms. The zero-order valence-corrected chi connectivity index (χ0v) is 13.6. The van der Waals surface area contributed by atoms with E-state index in [1.165, 1.54) is 18.9 Å². The van der Waals surface area contributed by atoms with Gasteiger partial charge >= 0.3 is 5.97 Å². The van der Waals surface area contributed by atoms with Gasteiger partial charge in [-0.2, -0.15) is 0 Å². The predicted molar refractivity (Wildman–Crippen MR) is 85.0 cm³/mol. The number of nitrogens with two attached hydrogens (primary N) is 1. The number of halogens is 1. The van der Waals surface area contributed by atoms with Crippen molar-refractivity contribution >= 4 is 5.97 Å². The van der Waals surface area contributed by atoms with Crippen LogP contribution in [0.15, 0.2) is 18.2 Å². The SMILES string of the molecule is Cc1cc(F)ccc1[C@H](C1CCCC1)[C@@H](C)OC(=O)[C@H](C)N. The highest BCUT2D eigenvalue weighted by Gasteiger charge is 2.34. The van der Waals surface area contributed by atoms with Crippen molar-refractivity contribution in [2.24, 2.45) is 11.7 Å². The minimum Gasteiger partial charge on any atom is -0.461 e. The topological polar surface area (TPSA) is 52.3 Å². The van der Waals surface area contributed by atoms with Crippen LogP contribution >= 0.6 is 0 Å². The van der Waals surface area contributed by atoms with E-state index < -0.39 is 6.04 Å². The number of benzene rings is 1. The lowest BCUT2D eigenvalue weighted by molar-refractivity contribution is -0.151. The number of esters is 1. The molecule has 3 atom stereocenters. The molecule has 122 valence electrons. The van der Waals surface area contributed by atoms with Crippen LogP contribution in [0.1, 0.15) is 56.6 Å². The maximum Gasteiger partial charge on any atom is 0.322 e. The van der Waals surface area contributed by atoms with Crippen molar-refractivity contribution < 1.29 is 13.9 Å². The van der Waals surface area contributed by atoms with Crippen LogP contribution in [0, 0.1) is 18.7 Å². The van der Waals surface area contributed by atoms with Crippen molar-refractivity contribution in [3.8, 4) is 0 Å². The van der Waals surface area contributed by atoms with E-state index in [9.17, 15) is 9.18 Å². The van der Waals surface area contributed by atoms with Crippen LogP contribution in [0.25, 0.3) is 0 Å². The van der Waals surface area contributed by atoms with Crippen molar-refractivity contribution in [2.75, 3.05) is 0 Å². The number of rotatable bonds is 5. The second kappa shape index (κ2) is 7.23. The van der Waals surface area contributed by atoms with Crippen molar-refractivity contribution in [3.05, 3.63) is 35.1 Å². The highest BCUT2D eigenvalue weighted by Crippen LogP contribution is 2.41. The van der Waals surface area contributed by atoms with E-state index in [0.29, 0.717) is 5.92 Å². The molecule has 2 rings (SSSR count).